The second kappa shape index (κ2) is 6.01. The minimum atomic E-state index is -1.05. The SMILES string of the molecule is Cc1nc(CN(C)C(=O)c2ccc(C(=O)O)c(C)n2)cs1. The van der Waals surface area contributed by atoms with Gasteiger partial charge in [0.2, 0.25) is 0 Å². The molecule has 7 heteroatoms. The number of amides is 1. The first-order chi connectivity index (χ1) is 9.88. The topological polar surface area (TPSA) is 83.4 Å². The van der Waals surface area contributed by atoms with Crippen molar-refractivity contribution in [2.75, 3.05) is 7.05 Å². The van der Waals surface area contributed by atoms with Gasteiger partial charge >= 0.3 is 5.97 Å². The molecule has 1 N–H and O–H groups in total. The van der Waals surface area contributed by atoms with Crippen LogP contribution in [0, 0.1) is 13.8 Å². The summed E-state index contributed by atoms with van der Waals surface area (Å²) in [6.45, 7) is 3.88. The van der Waals surface area contributed by atoms with E-state index >= 15 is 0 Å². The predicted molar refractivity (Wildman–Crippen MR) is 78.6 cm³/mol. The number of carbonyl (C=O) groups excluding carboxylic acids is 1. The lowest BCUT2D eigenvalue weighted by molar-refractivity contribution is 0.0693. The van der Waals surface area contributed by atoms with E-state index in [4.69, 9.17) is 5.11 Å². The number of carbonyl (C=O) groups is 2. The number of rotatable bonds is 4. The Bertz CT molecular complexity index is 697. The molecule has 0 unspecified atom stereocenters. The summed E-state index contributed by atoms with van der Waals surface area (Å²) in [7, 11) is 1.67. The number of hydrogen-bond acceptors (Lipinski definition) is 5. The van der Waals surface area contributed by atoms with E-state index in [-0.39, 0.29) is 17.2 Å². The first-order valence-electron chi connectivity index (χ1n) is 6.26. The van der Waals surface area contributed by atoms with Crippen LogP contribution in [0.3, 0.4) is 0 Å². The van der Waals surface area contributed by atoms with E-state index in [0.717, 1.165) is 10.7 Å². The fourth-order valence-corrected chi connectivity index (χ4v) is 2.50. The molecule has 0 saturated heterocycles. The van der Waals surface area contributed by atoms with Gasteiger partial charge in [0.1, 0.15) is 5.69 Å². The highest BCUT2D eigenvalue weighted by Crippen LogP contribution is 2.12. The molecule has 0 aliphatic heterocycles. The Balaban J connectivity index is 2.15. The molecule has 2 heterocycles. The third kappa shape index (κ3) is 3.43. The number of hydrogen-bond donors (Lipinski definition) is 1. The predicted octanol–water partition coefficient (Wildman–Crippen LogP) is 2.13. The van der Waals surface area contributed by atoms with E-state index in [1.165, 1.54) is 28.4 Å². The zero-order chi connectivity index (χ0) is 15.6. The molecule has 0 saturated carbocycles. The molecule has 1 amide bonds. The molecule has 2 aromatic rings. The van der Waals surface area contributed by atoms with Gasteiger partial charge in [0.05, 0.1) is 28.5 Å². The van der Waals surface area contributed by atoms with Gasteiger partial charge in [-0.15, -0.1) is 11.3 Å². The molecule has 0 aromatic carbocycles. The van der Waals surface area contributed by atoms with Gasteiger partial charge in [-0.3, -0.25) is 4.79 Å². The number of aromatic nitrogens is 2. The standard InChI is InChI=1S/C14H15N3O3S/c1-8-11(14(19)20)4-5-12(15-8)13(18)17(3)6-10-7-21-9(2)16-10/h4-5,7H,6H2,1-3H3,(H,19,20). The molecule has 2 rings (SSSR count). The van der Waals surface area contributed by atoms with Crippen molar-refractivity contribution in [3.05, 3.63) is 45.2 Å². The number of thiazole rings is 1. The Morgan fingerprint density at radius 3 is 2.52 bits per heavy atom. The first-order valence-corrected chi connectivity index (χ1v) is 7.14. The minimum Gasteiger partial charge on any atom is -0.478 e. The number of nitrogens with zero attached hydrogens (tertiary/aromatic N) is 3. The molecule has 110 valence electrons. The zero-order valence-corrected chi connectivity index (χ0v) is 12.8. The van der Waals surface area contributed by atoms with E-state index in [0.29, 0.717) is 12.2 Å². The summed E-state index contributed by atoms with van der Waals surface area (Å²) in [5.74, 6) is -1.31. The highest BCUT2D eigenvalue weighted by atomic mass is 32.1. The molecule has 0 bridgehead atoms. The summed E-state index contributed by atoms with van der Waals surface area (Å²) >= 11 is 1.53. The lowest BCUT2D eigenvalue weighted by Gasteiger charge is -2.15. The fourth-order valence-electron chi connectivity index (χ4n) is 1.90. The molecule has 2 aromatic heterocycles. The van der Waals surface area contributed by atoms with Crippen LogP contribution in [0.4, 0.5) is 0 Å². The molecule has 6 nitrogen and oxygen atoms in total. The van der Waals surface area contributed by atoms with Crippen molar-refractivity contribution in [1.29, 1.82) is 0 Å². The summed E-state index contributed by atoms with van der Waals surface area (Å²) in [6.07, 6.45) is 0. The van der Waals surface area contributed by atoms with E-state index in [9.17, 15) is 9.59 Å². The summed E-state index contributed by atoms with van der Waals surface area (Å²) in [4.78, 5) is 33.1. The third-order valence-corrected chi connectivity index (χ3v) is 3.77. The molecule has 0 radical (unpaired) electrons. The number of carboxylic acids is 1. The van der Waals surface area contributed by atoms with Gasteiger partial charge in [0, 0.05) is 12.4 Å². The number of carboxylic acid groups (broad SMARTS) is 1. The largest absolute Gasteiger partial charge is 0.478 e. The van der Waals surface area contributed by atoms with Gasteiger partial charge in [-0.2, -0.15) is 0 Å². The van der Waals surface area contributed by atoms with Crippen molar-refractivity contribution in [3.8, 4) is 0 Å². The lowest BCUT2D eigenvalue weighted by atomic mass is 10.2. The Morgan fingerprint density at radius 1 is 1.29 bits per heavy atom. The Hall–Kier alpha value is -2.28. The van der Waals surface area contributed by atoms with E-state index in [1.54, 1.807) is 14.0 Å². The summed E-state index contributed by atoms with van der Waals surface area (Å²) in [5.41, 5.74) is 1.48. The van der Waals surface area contributed by atoms with Crippen LogP contribution in [0.2, 0.25) is 0 Å². The van der Waals surface area contributed by atoms with Crippen LogP contribution >= 0.6 is 11.3 Å². The normalized spacial score (nSPS) is 10.4. The molecular weight excluding hydrogens is 290 g/mol. The highest BCUT2D eigenvalue weighted by Gasteiger charge is 2.17. The number of pyridine rings is 1. The smallest absolute Gasteiger partial charge is 0.337 e. The Labute approximate surface area is 126 Å². The van der Waals surface area contributed by atoms with Gasteiger partial charge in [-0.25, -0.2) is 14.8 Å². The monoisotopic (exact) mass is 305 g/mol. The quantitative estimate of drug-likeness (QED) is 0.935. The molecule has 0 spiro atoms. The summed E-state index contributed by atoms with van der Waals surface area (Å²) in [5, 5.41) is 11.8. The van der Waals surface area contributed by atoms with Crippen LogP contribution in [-0.2, 0) is 6.54 Å². The van der Waals surface area contributed by atoms with Gasteiger partial charge in [-0.1, -0.05) is 0 Å². The minimum absolute atomic E-state index is 0.101. The van der Waals surface area contributed by atoms with Crippen molar-refractivity contribution in [2.24, 2.45) is 0 Å². The maximum atomic E-state index is 12.3. The average Bonchev–Trinajstić information content (AvgIpc) is 2.82. The number of aromatic carboxylic acids is 1. The van der Waals surface area contributed by atoms with Crippen molar-refractivity contribution in [2.45, 2.75) is 20.4 Å². The Morgan fingerprint density at radius 2 is 2.00 bits per heavy atom. The van der Waals surface area contributed by atoms with Crippen molar-refractivity contribution in [3.63, 3.8) is 0 Å². The number of aryl methyl sites for hydroxylation is 2. The van der Waals surface area contributed by atoms with Gasteiger partial charge in [0.25, 0.3) is 5.91 Å². The molecular formula is C14H15N3O3S. The molecule has 0 fully saturated rings. The van der Waals surface area contributed by atoms with Crippen LogP contribution in [-0.4, -0.2) is 38.9 Å². The van der Waals surface area contributed by atoms with Gasteiger partial charge in [0.15, 0.2) is 0 Å². The van der Waals surface area contributed by atoms with Gasteiger partial charge < -0.3 is 10.0 Å². The first kappa shape index (κ1) is 15.1. The maximum Gasteiger partial charge on any atom is 0.337 e. The van der Waals surface area contributed by atoms with E-state index < -0.39 is 5.97 Å². The molecule has 21 heavy (non-hydrogen) atoms. The third-order valence-electron chi connectivity index (χ3n) is 2.95. The van der Waals surface area contributed by atoms with Crippen molar-refractivity contribution < 1.29 is 14.7 Å². The van der Waals surface area contributed by atoms with E-state index in [1.807, 2.05) is 12.3 Å². The van der Waals surface area contributed by atoms with Crippen LogP contribution < -0.4 is 0 Å². The van der Waals surface area contributed by atoms with Crippen molar-refractivity contribution in [1.82, 2.24) is 14.9 Å². The second-order valence-electron chi connectivity index (χ2n) is 4.65. The lowest BCUT2D eigenvalue weighted by Crippen LogP contribution is -2.27. The van der Waals surface area contributed by atoms with Crippen LogP contribution in [0.1, 0.15) is 37.2 Å². The van der Waals surface area contributed by atoms with Crippen molar-refractivity contribution >= 4 is 23.2 Å². The van der Waals surface area contributed by atoms with E-state index in [2.05, 4.69) is 9.97 Å². The second-order valence-corrected chi connectivity index (χ2v) is 5.72. The van der Waals surface area contributed by atoms with Crippen LogP contribution in [0.15, 0.2) is 17.5 Å². The van der Waals surface area contributed by atoms with Gasteiger partial charge in [-0.05, 0) is 26.0 Å². The molecule has 0 aliphatic carbocycles. The Kier molecular flexibility index (Phi) is 4.32. The van der Waals surface area contributed by atoms with Crippen LogP contribution in [0.25, 0.3) is 0 Å². The zero-order valence-electron chi connectivity index (χ0n) is 12.0. The average molecular weight is 305 g/mol. The fraction of sp³-hybridized carbons (Fsp3) is 0.286. The maximum absolute atomic E-state index is 12.3. The van der Waals surface area contributed by atoms with Crippen LogP contribution in [0.5, 0.6) is 0 Å². The molecule has 0 aliphatic rings. The summed E-state index contributed by atoms with van der Waals surface area (Å²) in [6, 6.07) is 2.83. The highest BCUT2D eigenvalue weighted by molar-refractivity contribution is 7.09. The molecule has 0 atom stereocenters. The summed E-state index contributed by atoms with van der Waals surface area (Å²) < 4.78 is 0.